The number of aromatic amines is 1. The molecule has 1 N–H and O–H groups in total. The van der Waals surface area contributed by atoms with Crippen molar-refractivity contribution in [3.63, 3.8) is 0 Å². The minimum Gasteiger partial charge on any atom is -0.321 e. The molecule has 80 valence electrons. The van der Waals surface area contributed by atoms with Crippen LogP contribution in [0.1, 0.15) is 31.0 Å². The van der Waals surface area contributed by atoms with Crippen molar-refractivity contribution in [3.05, 3.63) is 26.4 Å². The molecule has 5 heteroatoms. The van der Waals surface area contributed by atoms with Crippen LogP contribution in [0.4, 0.5) is 0 Å². The zero-order valence-electron chi connectivity index (χ0n) is 8.83. The fourth-order valence-corrected chi connectivity index (χ4v) is 1.72. The van der Waals surface area contributed by atoms with Crippen LogP contribution < -0.4 is 5.56 Å². The summed E-state index contributed by atoms with van der Waals surface area (Å²) in [5.41, 5.74) is 0.409. The Balaban J connectivity index is 3.35. The van der Waals surface area contributed by atoms with Gasteiger partial charge in [0.15, 0.2) is 4.77 Å². The van der Waals surface area contributed by atoms with Crippen LogP contribution in [-0.2, 0) is 6.54 Å². The summed E-state index contributed by atoms with van der Waals surface area (Å²) >= 11 is 5.05. The lowest BCUT2D eigenvalue weighted by molar-refractivity contribution is 0.593. The maximum absolute atomic E-state index is 11.4. The molecule has 0 aliphatic carbocycles. The first-order valence-corrected chi connectivity index (χ1v) is 5.26. The summed E-state index contributed by atoms with van der Waals surface area (Å²) in [6, 6.07) is 1.90. The Hall–Kier alpha value is -1.41. The highest BCUT2D eigenvalue weighted by Crippen LogP contribution is 2.04. The van der Waals surface area contributed by atoms with Gasteiger partial charge in [-0.15, -0.1) is 0 Å². The highest BCUT2D eigenvalue weighted by atomic mass is 32.1. The van der Waals surface area contributed by atoms with Crippen molar-refractivity contribution >= 4 is 12.2 Å². The van der Waals surface area contributed by atoms with Crippen LogP contribution in [-0.4, -0.2) is 9.55 Å². The van der Waals surface area contributed by atoms with Gasteiger partial charge in [-0.25, -0.2) is 0 Å². The summed E-state index contributed by atoms with van der Waals surface area (Å²) in [7, 11) is 0. The van der Waals surface area contributed by atoms with Crippen LogP contribution in [0.5, 0.6) is 0 Å². The van der Waals surface area contributed by atoms with Gasteiger partial charge in [-0.2, -0.15) is 5.26 Å². The monoisotopic (exact) mass is 223 g/mol. The van der Waals surface area contributed by atoms with Gasteiger partial charge >= 0.3 is 0 Å². The summed E-state index contributed by atoms with van der Waals surface area (Å²) in [5.74, 6) is 0. The Bertz CT molecular complexity index is 507. The van der Waals surface area contributed by atoms with Crippen molar-refractivity contribution in [1.82, 2.24) is 9.55 Å². The number of hydrogen-bond acceptors (Lipinski definition) is 3. The SMILES string of the molecule is CCCCn1c(C)c(C#N)c(=O)[nH]c1=S. The quantitative estimate of drug-likeness (QED) is 0.796. The molecule has 4 nitrogen and oxygen atoms in total. The number of unbranched alkanes of at least 4 members (excludes halogenated alkanes) is 1. The Morgan fingerprint density at radius 1 is 1.60 bits per heavy atom. The minimum atomic E-state index is -0.396. The molecule has 1 rings (SSSR count). The molecule has 0 aromatic carbocycles. The first-order valence-electron chi connectivity index (χ1n) is 4.85. The van der Waals surface area contributed by atoms with Crippen molar-refractivity contribution in [1.29, 1.82) is 5.26 Å². The molecule has 1 heterocycles. The summed E-state index contributed by atoms with van der Waals surface area (Å²) < 4.78 is 2.20. The molecule has 15 heavy (non-hydrogen) atoms. The molecule has 0 amide bonds. The Morgan fingerprint density at radius 3 is 2.80 bits per heavy atom. The maximum atomic E-state index is 11.4. The van der Waals surface area contributed by atoms with Crippen molar-refractivity contribution in [2.75, 3.05) is 0 Å². The van der Waals surface area contributed by atoms with Crippen LogP contribution in [0, 0.1) is 23.0 Å². The third kappa shape index (κ3) is 2.34. The van der Waals surface area contributed by atoms with E-state index in [2.05, 4.69) is 11.9 Å². The van der Waals surface area contributed by atoms with Crippen LogP contribution in [0.25, 0.3) is 0 Å². The molecule has 1 aromatic rings. The molecular weight excluding hydrogens is 210 g/mol. The molecule has 0 aliphatic rings. The van der Waals surface area contributed by atoms with E-state index in [1.165, 1.54) is 0 Å². The number of nitrogens with one attached hydrogen (secondary N) is 1. The van der Waals surface area contributed by atoms with E-state index >= 15 is 0 Å². The van der Waals surface area contributed by atoms with Crippen molar-refractivity contribution in [3.8, 4) is 6.07 Å². The number of hydrogen-bond donors (Lipinski definition) is 1. The molecule has 0 saturated carbocycles. The lowest BCUT2D eigenvalue weighted by Gasteiger charge is -2.10. The van der Waals surface area contributed by atoms with Crippen LogP contribution in [0.2, 0.25) is 0 Å². The van der Waals surface area contributed by atoms with E-state index in [0.717, 1.165) is 19.4 Å². The van der Waals surface area contributed by atoms with Crippen LogP contribution in [0.3, 0.4) is 0 Å². The van der Waals surface area contributed by atoms with Gasteiger partial charge in [0.1, 0.15) is 11.6 Å². The molecule has 0 fully saturated rings. The summed E-state index contributed by atoms with van der Waals surface area (Å²) in [6.07, 6.45) is 2.02. The van der Waals surface area contributed by atoms with E-state index in [9.17, 15) is 4.79 Å². The lowest BCUT2D eigenvalue weighted by atomic mass is 10.2. The maximum Gasteiger partial charge on any atom is 0.269 e. The molecule has 0 saturated heterocycles. The fourth-order valence-electron chi connectivity index (χ4n) is 1.40. The Morgan fingerprint density at radius 2 is 2.27 bits per heavy atom. The second kappa shape index (κ2) is 4.89. The molecule has 0 spiro atoms. The standard InChI is InChI=1S/C10H13N3OS/c1-3-4-5-13-7(2)8(6-11)9(14)12-10(13)15/h3-5H2,1-2H3,(H,12,14,15). The van der Waals surface area contributed by atoms with Gasteiger partial charge in [0.25, 0.3) is 5.56 Å². The lowest BCUT2D eigenvalue weighted by Crippen LogP contribution is -2.20. The first-order chi connectivity index (χ1) is 7.11. The van der Waals surface area contributed by atoms with E-state index in [1.807, 2.05) is 6.07 Å². The third-order valence-corrected chi connectivity index (χ3v) is 2.63. The zero-order valence-corrected chi connectivity index (χ0v) is 9.65. The number of aromatic nitrogens is 2. The van der Waals surface area contributed by atoms with Crippen molar-refractivity contribution < 1.29 is 0 Å². The normalized spacial score (nSPS) is 9.93. The number of H-pyrrole nitrogens is 1. The summed E-state index contributed by atoms with van der Waals surface area (Å²) in [4.78, 5) is 13.9. The second-order valence-electron chi connectivity index (χ2n) is 3.34. The van der Waals surface area contributed by atoms with E-state index in [0.29, 0.717) is 10.5 Å². The van der Waals surface area contributed by atoms with Gasteiger partial charge in [0.05, 0.1) is 0 Å². The van der Waals surface area contributed by atoms with Gasteiger partial charge in [0, 0.05) is 12.2 Å². The molecule has 0 radical (unpaired) electrons. The summed E-state index contributed by atoms with van der Waals surface area (Å²) in [5, 5.41) is 8.82. The van der Waals surface area contributed by atoms with Gasteiger partial charge < -0.3 is 4.57 Å². The van der Waals surface area contributed by atoms with E-state index in [-0.39, 0.29) is 5.56 Å². The van der Waals surface area contributed by atoms with E-state index < -0.39 is 5.56 Å². The largest absolute Gasteiger partial charge is 0.321 e. The molecule has 0 aliphatic heterocycles. The Kier molecular flexibility index (Phi) is 3.81. The molecular formula is C10H13N3OS. The van der Waals surface area contributed by atoms with Crippen molar-refractivity contribution in [2.45, 2.75) is 33.2 Å². The molecule has 0 atom stereocenters. The fraction of sp³-hybridized carbons (Fsp3) is 0.500. The van der Waals surface area contributed by atoms with Gasteiger partial charge in [-0.3, -0.25) is 9.78 Å². The smallest absolute Gasteiger partial charge is 0.269 e. The Labute approximate surface area is 93.2 Å². The highest BCUT2D eigenvalue weighted by Gasteiger charge is 2.07. The van der Waals surface area contributed by atoms with Crippen LogP contribution >= 0.6 is 12.2 Å². The average molecular weight is 223 g/mol. The van der Waals surface area contributed by atoms with Gasteiger partial charge in [-0.05, 0) is 25.6 Å². The van der Waals surface area contributed by atoms with Gasteiger partial charge in [0.2, 0.25) is 0 Å². The van der Waals surface area contributed by atoms with Gasteiger partial charge in [-0.1, -0.05) is 13.3 Å². The van der Waals surface area contributed by atoms with Crippen molar-refractivity contribution in [2.24, 2.45) is 0 Å². The summed E-state index contributed by atoms with van der Waals surface area (Å²) in [6.45, 7) is 4.57. The third-order valence-electron chi connectivity index (χ3n) is 2.31. The molecule has 0 unspecified atom stereocenters. The van der Waals surface area contributed by atoms with Crippen LogP contribution in [0.15, 0.2) is 4.79 Å². The van der Waals surface area contributed by atoms with E-state index in [1.54, 1.807) is 11.5 Å². The number of rotatable bonds is 3. The molecule has 1 aromatic heterocycles. The first kappa shape index (κ1) is 11.7. The average Bonchev–Trinajstić information content (AvgIpc) is 2.17. The predicted octanol–water partition coefficient (Wildman–Crippen LogP) is 1.89. The molecule has 0 bridgehead atoms. The number of nitriles is 1. The second-order valence-corrected chi connectivity index (χ2v) is 3.72. The highest BCUT2D eigenvalue weighted by molar-refractivity contribution is 7.71. The number of nitrogens with zero attached hydrogens (tertiary/aromatic N) is 2. The minimum absolute atomic E-state index is 0.153. The van der Waals surface area contributed by atoms with E-state index in [4.69, 9.17) is 17.5 Å². The topological polar surface area (TPSA) is 61.6 Å². The zero-order chi connectivity index (χ0) is 11.4. The predicted molar refractivity (Wildman–Crippen MR) is 60.2 cm³/mol.